The summed E-state index contributed by atoms with van der Waals surface area (Å²) in [5.41, 5.74) is 8.34. The Labute approximate surface area is 121 Å². The smallest absolute Gasteiger partial charge is 0.147 e. The topological polar surface area (TPSA) is 56.7 Å². The van der Waals surface area contributed by atoms with Gasteiger partial charge in [0, 0.05) is 12.0 Å². The van der Waals surface area contributed by atoms with Crippen molar-refractivity contribution >= 4 is 0 Å². The van der Waals surface area contributed by atoms with Crippen molar-refractivity contribution in [3.63, 3.8) is 0 Å². The highest BCUT2D eigenvalue weighted by Crippen LogP contribution is 2.19. The molecule has 0 atom stereocenters. The first-order valence-corrected chi connectivity index (χ1v) is 7.11. The van der Waals surface area contributed by atoms with E-state index in [1.807, 2.05) is 0 Å². The predicted molar refractivity (Wildman–Crippen MR) is 81.5 cm³/mol. The van der Waals surface area contributed by atoms with Crippen LogP contribution in [0.4, 0.5) is 0 Å². The molecule has 20 heavy (non-hydrogen) atoms. The van der Waals surface area contributed by atoms with Gasteiger partial charge in [0.2, 0.25) is 0 Å². The highest BCUT2D eigenvalue weighted by atomic mass is 15.3. The molecule has 4 nitrogen and oxygen atoms in total. The van der Waals surface area contributed by atoms with Gasteiger partial charge in [0.25, 0.3) is 0 Å². The molecule has 0 radical (unpaired) electrons. The molecule has 0 aliphatic rings. The molecular formula is C16H24N4. The van der Waals surface area contributed by atoms with Crippen LogP contribution in [0.2, 0.25) is 0 Å². The summed E-state index contributed by atoms with van der Waals surface area (Å²) in [7, 11) is 0. The van der Waals surface area contributed by atoms with E-state index in [-0.39, 0.29) is 5.54 Å². The molecule has 0 aliphatic carbocycles. The average molecular weight is 272 g/mol. The maximum Gasteiger partial charge on any atom is 0.147 e. The standard InChI is InChI=1S/C16H24N4/c1-12-5-7-13(8-6-12)9-10-14-18-19-15(11-17)20(14)16(2,3)4/h5-8H,9-11,17H2,1-4H3. The summed E-state index contributed by atoms with van der Waals surface area (Å²) >= 11 is 0. The number of hydrogen-bond acceptors (Lipinski definition) is 3. The van der Waals surface area contributed by atoms with Gasteiger partial charge in [-0.15, -0.1) is 10.2 Å². The third kappa shape index (κ3) is 3.25. The second-order valence-electron chi connectivity index (χ2n) is 6.23. The van der Waals surface area contributed by atoms with Crippen LogP contribution >= 0.6 is 0 Å². The Kier molecular flexibility index (Phi) is 4.23. The molecule has 1 aromatic heterocycles. The van der Waals surface area contributed by atoms with Crippen molar-refractivity contribution in [2.75, 3.05) is 0 Å². The van der Waals surface area contributed by atoms with Crippen molar-refractivity contribution in [2.45, 2.75) is 52.6 Å². The number of benzene rings is 1. The fraction of sp³-hybridized carbons (Fsp3) is 0.500. The molecular weight excluding hydrogens is 248 g/mol. The van der Waals surface area contributed by atoms with Gasteiger partial charge in [0.1, 0.15) is 11.6 Å². The summed E-state index contributed by atoms with van der Waals surface area (Å²) in [6, 6.07) is 8.65. The number of aromatic nitrogens is 3. The Morgan fingerprint density at radius 2 is 1.60 bits per heavy atom. The van der Waals surface area contributed by atoms with E-state index in [1.165, 1.54) is 11.1 Å². The summed E-state index contributed by atoms with van der Waals surface area (Å²) < 4.78 is 2.17. The molecule has 108 valence electrons. The molecule has 0 saturated heterocycles. The van der Waals surface area contributed by atoms with Gasteiger partial charge in [0.05, 0.1) is 6.54 Å². The molecule has 0 fully saturated rings. The molecule has 0 aliphatic heterocycles. The Morgan fingerprint density at radius 1 is 1.00 bits per heavy atom. The van der Waals surface area contributed by atoms with E-state index in [4.69, 9.17) is 5.73 Å². The van der Waals surface area contributed by atoms with Gasteiger partial charge in [-0.1, -0.05) is 29.8 Å². The molecule has 0 bridgehead atoms. The van der Waals surface area contributed by atoms with E-state index >= 15 is 0 Å². The fourth-order valence-corrected chi connectivity index (χ4v) is 2.43. The predicted octanol–water partition coefficient (Wildman–Crippen LogP) is 2.59. The zero-order valence-corrected chi connectivity index (χ0v) is 12.8. The van der Waals surface area contributed by atoms with Crippen LogP contribution in [-0.2, 0) is 24.9 Å². The summed E-state index contributed by atoms with van der Waals surface area (Å²) in [6.07, 6.45) is 1.85. The summed E-state index contributed by atoms with van der Waals surface area (Å²) in [4.78, 5) is 0. The normalized spacial score (nSPS) is 11.8. The molecule has 2 aromatic rings. The van der Waals surface area contributed by atoms with Crippen molar-refractivity contribution in [1.29, 1.82) is 0 Å². The molecule has 0 amide bonds. The minimum atomic E-state index is -0.0409. The van der Waals surface area contributed by atoms with Gasteiger partial charge in [-0.2, -0.15) is 0 Å². The lowest BCUT2D eigenvalue weighted by atomic mass is 10.1. The average Bonchev–Trinajstić information content (AvgIpc) is 2.81. The Bertz CT molecular complexity index is 561. The first kappa shape index (κ1) is 14.7. The van der Waals surface area contributed by atoms with E-state index in [0.717, 1.165) is 24.5 Å². The van der Waals surface area contributed by atoms with Crippen LogP contribution in [0.5, 0.6) is 0 Å². The third-order valence-electron chi connectivity index (χ3n) is 3.41. The van der Waals surface area contributed by atoms with Gasteiger partial charge < -0.3 is 10.3 Å². The number of aryl methyl sites for hydroxylation is 3. The van der Waals surface area contributed by atoms with Crippen LogP contribution in [0.25, 0.3) is 0 Å². The number of nitrogens with two attached hydrogens (primary N) is 1. The largest absolute Gasteiger partial charge is 0.324 e. The summed E-state index contributed by atoms with van der Waals surface area (Å²) in [6.45, 7) is 9.00. The van der Waals surface area contributed by atoms with Crippen molar-refractivity contribution in [2.24, 2.45) is 5.73 Å². The first-order chi connectivity index (χ1) is 9.41. The lowest BCUT2D eigenvalue weighted by Crippen LogP contribution is -2.27. The van der Waals surface area contributed by atoms with Gasteiger partial charge >= 0.3 is 0 Å². The molecule has 1 aromatic carbocycles. The zero-order valence-electron chi connectivity index (χ0n) is 12.8. The monoisotopic (exact) mass is 272 g/mol. The van der Waals surface area contributed by atoms with E-state index in [1.54, 1.807) is 0 Å². The quantitative estimate of drug-likeness (QED) is 0.930. The summed E-state index contributed by atoms with van der Waals surface area (Å²) in [5.74, 6) is 1.87. The van der Waals surface area contributed by atoms with Gasteiger partial charge in [0.15, 0.2) is 0 Å². The highest BCUT2D eigenvalue weighted by Gasteiger charge is 2.21. The van der Waals surface area contributed by atoms with E-state index < -0.39 is 0 Å². The lowest BCUT2D eigenvalue weighted by Gasteiger charge is -2.24. The minimum Gasteiger partial charge on any atom is -0.324 e. The minimum absolute atomic E-state index is 0.0409. The Balaban J connectivity index is 2.17. The van der Waals surface area contributed by atoms with Gasteiger partial charge in [-0.25, -0.2) is 0 Å². The number of hydrogen-bond donors (Lipinski definition) is 1. The maximum absolute atomic E-state index is 5.76. The van der Waals surface area contributed by atoms with E-state index in [9.17, 15) is 0 Å². The second kappa shape index (κ2) is 5.75. The molecule has 2 rings (SSSR count). The Morgan fingerprint density at radius 3 is 2.15 bits per heavy atom. The van der Waals surface area contributed by atoms with Crippen LogP contribution in [0.15, 0.2) is 24.3 Å². The van der Waals surface area contributed by atoms with Crippen molar-refractivity contribution in [3.8, 4) is 0 Å². The fourth-order valence-electron chi connectivity index (χ4n) is 2.43. The highest BCUT2D eigenvalue weighted by molar-refractivity contribution is 5.22. The number of nitrogens with zero attached hydrogens (tertiary/aromatic N) is 3. The molecule has 0 spiro atoms. The number of rotatable bonds is 4. The van der Waals surface area contributed by atoms with Crippen molar-refractivity contribution < 1.29 is 0 Å². The lowest BCUT2D eigenvalue weighted by molar-refractivity contribution is 0.369. The van der Waals surface area contributed by atoms with Crippen molar-refractivity contribution in [1.82, 2.24) is 14.8 Å². The van der Waals surface area contributed by atoms with E-state index in [0.29, 0.717) is 6.54 Å². The zero-order chi connectivity index (χ0) is 14.8. The first-order valence-electron chi connectivity index (χ1n) is 7.11. The molecule has 2 N–H and O–H groups in total. The molecule has 0 unspecified atom stereocenters. The van der Waals surface area contributed by atoms with Crippen LogP contribution in [0.1, 0.15) is 43.5 Å². The van der Waals surface area contributed by atoms with Gasteiger partial charge in [-0.05, 0) is 39.7 Å². The van der Waals surface area contributed by atoms with Crippen LogP contribution < -0.4 is 5.73 Å². The van der Waals surface area contributed by atoms with Gasteiger partial charge in [-0.3, -0.25) is 0 Å². The Hall–Kier alpha value is -1.68. The molecule has 1 heterocycles. The van der Waals surface area contributed by atoms with Crippen LogP contribution in [0.3, 0.4) is 0 Å². The SMILES string of the molecule is Cc1ccc(CCc2nnc(CN)n2C(C)(C)C)cc1. The third-order valence-corrected chi connectivity index (χ3v) is 3.41. The summed E-state index contributed by atoms with van der Waals surface area (Å²) in [5, 5.41) is 8.53. The molecule has 0 saturated carbocycles. The molecule has 4 heteroatoms. The van der Waals surface area contributed by atoms with E-state index in [2.05, 4.69) is 66.7 Å². The second-order valence-corrected chi connectivity index (χ2v) is 6.23. The van der Waals surface area contributed by atoms with Crippen LogP contribution in [0, 0.1) is 6.92 Å². The van der Waals surface area contributed by atoms with Crippen LogP contribution in [-0.4, -0.2) is 14.8 Å². The van der Waals surface area contributed by atoms with Crippen molar-refractivity contribution in [3.05, 3.63) is 47.0 Å². The maximum atomic E-state index is 5.76.